The number of nitrogens with zero attached hydrogens (tertiary/aromatic N) is 1. The lowest BCUT2D eigenvalue weighted by Crippen LogP contribution is -2.31. The Bertz CT molecular complexity index is 648. The number of nitriles is 1. The average Bonchev–Trinajstić information content (AvgIpc) is 2.50. The molecule has 0 fully saturated rings. The fraction of sp³-hybridized carbons (Fsp3) is 0.316. The number of fused-ring (bicyclic) bond motifs is 1. The van der Waals surface area contributed by atoms with Crippen molar-refractivity contribution in [1.29, 1.82) is 5.26 Å². The Morgan fingerprint density at radius 2 is 1.85 bits per heavy atom. The van der Waals surface area contributed by atoms with Crippen LogP contribution in [0.25, 0.3) is 0 Å². The van der Waals surface area contributed by atoms with Crippen molar-refractivity contribution in [1.82, 2.24) is 0 Å². The lowest BCUT2D eigenvalue weighted by molar-refractivity contribution is 0.450. The number of hydrogen-bond acceptors (Lipinski definition) is 1. The molecule has 2 aromatic carbocycles. The monoisotopic (exact) mass is 261 g/mol. The molecule has 0 amide bonds. The summed E-state index contributed by atoms with van der Waals surface area (Å²) in [6, 6.07) is 19.7. The predicted molar refractivity (Wildman–Crippen MR) is 81.6 cm³/mol. The van der Waals surface area contributed by atoms with Gasteiger partial charge in [0.15, 0.2) is 0 Å². The van der Waals surface area contributed by atoms with Gasteiger partial charge in [-0.15, -0.1) is 0 Å². The van der Waals surface area contributed by atoms with Crippen LogP contribution in [0.5, 0.6) is 0 Å². The molecule has 20 heavy (non-hydrogen) atoms. The molecular weight excluding hydrogens is 242 g/mol. The lowest BCUT2D eigenvalue weighted by Gasteiger charge is -2.33. The van der Waals surface area contributed by atoms with Crippen LogP contribution in [0.3, 0.4) is 0 Å². The van der Waals surface area contributed by atoms with Crippen LogP contribution in [0, 0.1) is 18.3 Å². The number of benzene rings is 2. The second-order valence-corrected chi connectivity index (χ2v) is 5.87. The van der Waals surface area contributed by atoms with Crippen LogP contribution in [0.4, 0.5) is 0 Å². The lowest BCUT2D eigenvalue weighted by atomic mass is 9.68. The van der Waals surface area contributed by atoms with Gasteiger partial charge in [0.1, 0.15) is 0 Å². The molecule has 0 N–H and O–H groups in total. The standard InChI is InChI=1S/C19H19N/c1-15-8-10-16(11-9-15)13-19(14-20)12-4-6-17-5-2-3-7-18(17)19/h2-3,5,7-11H,4,6,12-13H2,1H3. The molecule has 1 nitrogen and oxygen atoms in total. The third-order valence-electron chi connectivity index (χ3n) is 4.42. The highest BCUT2D eigenvalue weighted by Gasteiger charge is 2.36. The zero-order valence-electron chi connectivity index (χ0n) is 11.9. The molecule has 2 aromatic rings. The minimum Gasteiger partial charge on any atom is -0.197 e. The highest BCUT2D eigenvalue weighted by atomic mass is 14.4. The van der Waals surface area contributed by atoms with Gasteiger partial charge in [0.05, 0.1) is 11.5 Å². The van der Waals surface area contributed by atoms with E-state index in [-0.39, 0.29) is 5.41 Å². The Kier molecular flexibility index (Phi) is 3.32. The molecule has 0 saturated heterocycles. The third kappa shape index (κ3) is 2.23. The van der Waals surface area contributed by atoms with Crippen LogP contribution in [0.15, 0.2) is 48.5 Å². The molecule has 0 radical (unpaired) electrons. The minimum absolute atomic E-state index is 0.343. The molecule has 0 aromatic heterocycles. The Morgan fingerprint density at radius 3 is 2.60 bits per heavy atom. The summed E-state index contributed by atoms with van der Waals surface area (Å²) < 4.78 is 0. The Balaban J connectivity index is 2.01. The maximum Gasteiger partial charge on any atom is 0.0865 e. The molecule has 0 aliphatic heterocycles. The average molecular weight is 261 g/mol. The fourth-order valence-corrected chi connectivity index (χ4v) is 3.31. The fourth-order valence-electron chi connectivity index (χ4n) is 3.31. The van der Waals surface area contributed by atoms with Crippen molar-refractivity contribution < 1.29 is 0 Å². The van der Waals surface area contributed by atoms with Gasteiger partial charge >= 0.3 is 0 Å². The molecule has 1 aliphatic carbocycles. The first-order valence-electron chi connectivity index (χ1n) is 7.29. The van der Waals surface area contributed by atoms with Gasteiger partial charge in [-0.1, -0.05) is 54.1 Å². The van der Waals surface area contributed by atoms with Crippen LogP contribution >= 0.6 is 0 Å². The molecule has 0 bridgehead atoms. The summed E-state index contributed by atoms with van der Waals surface area (Å²) >= 11 is 0. The maximum atomic E-state index is 9.85. The van der Waals surface area contributed by atoms with Crippen molar-refractivity contribution >= 4 is 0 Å². The SMILES string of the molecule is Cc1ccc(CC2(C#N)CCCc3ccccc32)cc1. The quantitative estimate of drug-likeness (QED) is 0.789. The summed E-state index contributed by atoms with van der Waals surface area (Å²) in [6.45, 7) is 2.10. The van der Waals surface area contributed by atoms with Crippen molar-refractivity contribution in [3.63, 3.8) is 0 Å². The van der Waals surface area contributed by atoms with E-state index >= 15 is 0 Å². The van der Waals surface area contributed by atoms with Gasteiger partial charge in [0.25, 0.3) is 0 Å². The number of rotatable bonds is 2. The summed E-state index contributed by atoms with van der Waals surface area (Å²) in [5, 5.41) is 9.85. The van der Waals surface area contributed by atoms with Gasteiger partial charge in [-0.2, -0.15) is 5.26 Å². The van der Waals surface area contributed by atoms with Gasteiger partial charge < -0.3 is 0 Å². The highest BCUT2D eigenvalue weighted by Crippen LogP contribution is 2.39. The normalized spacial score (nSPS) is 21.0. The van der Waals surface area contributed by atoms with E-state index in [0.29, 0.717) is 0 Å². The Labute approximate surface area is 120 Å². The molecule has 1 heteroatoms. The Hall–Kier alpha value is -2.07. The molecule has 1 aliphatic rings. The summed E-state index contributed by atoms with van der Waals surface area (Å²) in [6.07, 6.45) is 4.00. The molecule has 100 valence electrons. The van der Waals surface area contributed by atoms with Gasteiger partial charge in [-0.3, -0.25) is 0 Å². The third-order valence-corrected chi connectivity index (χ3v) is 4.42. The second-order valence-electron chi connectivity index (χ2n) is 5.87. The van der Waals surface area contributed by atoms with Crippen LogP contribution in [0.2, 0.25) is 0 Å². The predicted octanol–water partition coefficient (Wildman–Crippen LogP) is 4.34. The number of hydrogen-bond donors (Lipinski definition) is 0. The molecule has 1 atom stereocenters. The zero-order chi connectivity index (χ0) is 14.0. The van der Waals surface area contributed by atoms with E-state index in [1.54, 1.807) is 0 Å². The van der Waals surface area contributed by atoms with Crippen LogP contribution in [0.1, 0.15) is 35.1 Å². The van der Waals surface area contributed by atoms with Gasteiger partial charge in [-0.25, -0.2) is 0 Å². The van der Waals surface area contributed by atoms with E-state index in [1.807, 2.05) is 0 Å². The van der Waals surface area contributed by atoms with E-state index in [9.17, 15) is 5.26 Å². The van der Waals surface area contributed by atoms with E-state index in [0.717, 1.165) is 25.7 Å². The van der Waals surface area contributed by atoms with Gasteiger partial charge in [-0.05, 0) is 49.3 Å². The van der Waals surface area contributed by atoms with Crippen LogP contribution < -0.4 is 0 Å². The smallest absolute Gasteiger partial charge is 0.0865 e. The van der Waals surface area contributed by atoms with E-state index < -0.39 is 0 Å². The van der Waals surface area contributed by atoms with Crippen LogP contribution in [-0.4, -0.2) is 0 Å². The molecule has 0 spiro atoms. The molecule has 3 rings (SSSR count). The van der Waals surface area contributed by atoms with E-state index in [1.165, 1.54) is 22.3 Å². The van der Waals surface area contributed by atoms with Gasteiger partial charge in [0, 0.05) is 0 Å². The number of aryl methyl sites for hydroxylation is 2. The first-order chi connectivity index (χ1) is 9.73. The molecular formula is C19H19N. The zero-order valence-corrected chi connectivity index (χ0v) is 11.9. The summed E-state index contributed by atoms with van der Waals surface area (Å²) in [5.74, 6) is 0. The first kappa shape index (κ1) is 12.9. The summed E-state index contributed by atoms with van der Waals surface area (Å²) in [7, 11) is 0. The molecule has 1 unspecified atom stereocenters. The van der Waals surface area contributed by atoms with Crippen molar-refractivity contribution in [2.45, 2.75) is 38.0 Å². The maximum absolute atomic E-state index is 9.85. The first-order valence-corrected chi connectivity index (χ1v) is 7.29. The highest BCUT2D eigenvalue weighted by molar-refractivity contribution is 5.43. The van der Waals surface area contributed by atoms with Crippen molar-refractivity contribution in [3.05, 3.63) is 70.8 Å². The minimum atomic E-state index is -0.343. The van der Waals surface area contributed by atoms with Crippen LogP contribution in [-0.2, 0) is 18.3 Å². The van der Waals surface area contributed by atoms with Crippen molar-refractivity contribution in [3.8, 4) is 6.07 Å². The Morgan fingerprint density at radius 1 is 1.10 bits per heavy atom. The topological polar surface area (TPSA) is 23.8 Å². The van der Waals surface area contributed by atoms with Gasteiger partial charge in [0.2, 0.25) is 0 Å². The largest absolute Gasteiger partial charge is 0.197 e. The summed E-state index contributed by atoms with van der Waals surface area (Å²) in [4.78, 5) is 0. The van der Waals surface area contributed by atoms with Crippen molar-refractivity contribution in [2.75, 3.05) is 0 Å². The molecule has 0 saturated carbocycles. The van der Waals surface area contributed by atoms with E-state index in [4.69, 9.17) is 0 Å². The summed E-state index contributed by atoms with van der Waals surface area (Å²) in [5.41, 5.74) is 4.78. The second kappa shape index (κ2) is 5.13. The van der Waals surface area contributed by atoms with E-state index in [2.05, 4.69) is 61.5 Å². The van der Waals surface area contributed by atoms with Crippen molar-refractivity contribution in [2.24, 2.45) is 0 Å². The molecule has 0 heterocycles.